The lowest BCUT2D eigenvalue weighted by Crippen LogP contribution is -2.54. The molecule has 3 N–H and O–H groups in total. The fraction of sp³-hybridized carbons (Fsp3) is 0.474. The fourth-order valence-corrected chi connectivity index (χ4v) is 3.65. The first-order valence-corrected chi connectivity index (χ1v) is 9.57. The van der Waals surface area contributed by atoms with Crippen LogP contribution in [-0.4, -0.2) is 29.6 Å². The normalized spacial score (nSPS) is 16.2. The van der Waals surface area contributed by atoms with Crippen molar-refractivity contribution >= 4 is 34.8 Å². The number of nitrogens with one attached hydrogen (secondary N) is 1. The lowest BCUT2D eigenvalue weighted by Gasteiger charge is -2.31. The van der Waals surface area contributed by atoms with E-state index in [1.165, 1.54) is 16.9 Å². The number of rotatable bonds is 5. The van der Waals surface area contributed by atoms with E-state index in [0.29, 0.717) is 37.1 Å². The number of benzene rings is 1. The zero-order valence-electron chi connectivity index (χ0n) is 15.2. The number of carbonyl (C=O) groups excluding carboxylic acids is 1. The van der Waals surface area contributed by atoms with Crippen LogP contribution >= 0.6 is 23.7 Å². The number of amides is 1. The van der Waals surface area contributed by atoms with Gasteiger partial charge in [0.25, 0.3) is 0 Å². The average molecular weight is 396 g/mol. The number of nitrogens with two attached hydrogens (primary N) is 1. The van der Waals surface area contributed by atoms with Crippen molar-refractivity contribution in [3.63, 3.8) is 0 Å². The SMILES string of the molecule is CC(C)Cc1ccc(-c2csc(NC(=O)C3(N)CCOCC3)n2)cc1.Cl. The summed E-state index contributed by atoms with van der Waals surface area (Å²) in [5.74, 6) is 0.463. The van der Waals surface area contributed by atoms with Crippen molar-refractivity contribution in [3.05, 3.63) is 35.2 Å². The summed E-state index contributed by atoms with van der Waals surface area (Å²) in [4.78, 5) is 17.0. The van der Waals surface area contributed by atoms with Gasteiger partial charge in [0.05, 0.1) is 5.69 Å². The maximum Gasteiger partial charge on any atom is 0.246 e. The van der Waals surface area contributed by atoms with Crippen LogP contribution in [0.3, 0.4) is 0 Å². The Kier molecular flexibility index (Phi) is 7.17. The molecule has 1 aliphatic heterocycles. The molecule has 2 heterocycles. The van der Waals surface area contributed by atoms with Gasteiger partial charge in [-0.1, -0.05) is 38.1 Å². The number of hydrogen-bond donors (Lipinski definition) is 2. The Morgan fingerprint density at radius 2 is 1.96 bits per heavy atom. The number of nitrogens with zero attached hydrogens (tertiary/aromatic N) is 1. The Hall–Kier alpha value is -1.47. The highest BCUT2D eigenvalue weighted by molar-refractivity contribution is 7.14. The van der Waals surface area contributed by atoms with Crippen molar-refractivity contribution in [2.75, 3.05) is 18.5 Å². The molecule has 1 aromatic heterocycles. The third-order valence-corrected chi connectivity index (χ3v) is 5.21. The highest BCUT2D eigenvalue weighted by atomic mass is 35.5. The standard InChI is InChI=1S/C19H25N3O2S.ClH/c1-13(2)11-14-3-5-15(6-4-14)16-12-25-18(21-16)22-17(23)19(20)7-9-24-10-8-19;/h3-6,12-13H,7-11,20H2,1-2H3,(H,21,22,23);1H. The molecule has 26 heavy (non-hydrogen) atoms. The Bertz CT molecular complexity index is 725. The van der Waals surface area contributed by atoms with Crippen LogP contribution in [0.25, 0.3) is 11.3 Å². The van der Waals surface area contributed by atoms with Crippen LogP contribution in [0.1, 0.15) is 32.3 Å². The summed E-state index contributed by atoms with van der Waals surface area (Å²) in [6.07, 6.45) is 2.14. The van der Waals surface area contributed by atoms with E-state index in [1.54, 1.807) is 0 Å². The molecule has 142 valence electrons. The minimum Gasteiger partial charge on any atom is -0.381 e. The van der Waals surface area contributed by atoms with Crippen LogP contribution in [0.2, 0.25) is 0 Å². The lowest BCUT2D eigenvalue weighted by molar-refractivity contribution is -0.124. The van der Waals surface area contributed by atoms with Crippen LogP contribution in [0, 0.1) is 5.92 Å². The number of carbonyl (C=O) groups is 1. The van der Waals surface area contributed by atoms with Crippen LogP contribution in [0.5, 0.6) is 0 Å². The monoisotopic (exact) mass is 395 g/mol. The molecule has 0 spiro atoms. The second-order valence-electron chi connectivity index (χ2n) is 7.06. The predicted octanol–water partition coefficient (Wildman–Crippen LogP) is 3.88. The molecular weight excluding hydrogens is 370 g/mol. The molecule has 1 aliphatic rings. The van der Waals surface area contributed by atoms with Gasteiger partial charge in [0, 0.05) is 24.2 Å². The molecule has 0 atom stereocenters. The van der Waals surface area contributed by atoms with E-state index in [0.717, 1.165) is 17.7 Å². The molecule has 0 saturated carbocycles. The van der Waals surface area contributed by atoms with E-state index in [1.807, 2.05) is 5.38 Å². The number of thiazole rings is 1. The first-order chi connectivity index (χ1) is 12.0. The molecule has 5 nitrogen and oxygen atoms in total. The molecule has 1 aromatic carbocycles. The summed E-state index contributed by atoms with van der Waals surface area (Å²) in [6.45, 7) is 5.48. The molecule has 0 unspecified atom stereocenters. The van der Waals surface area contributed by atoms with Crippen LogP contribution in [-0.2, 0) is 16.0 Å². The molecule has 2 aromatic rings. The minimum absolute atomic E-state index is 0. The molecule has 1 fully saturated rings. The van der Waals surface area contributed by atoms with Gasteiger partial charge in [-0.2, -0.15) is 0 Å². The first kappa shape index (κ1) is 20.8. The van der Waals surface area contributed by atoms with Crippen molar-refractivity contribution in [1.29, 1.82) is 0 Å². The van der Waals surface area contributed by atoms with Crippen molar-refractivity contribution in [2.45, 2.75) is 38.6 Å². The third kappa shape index (κ3) is 5.04. The average Bonchev–Trinajstić information content (AvgIpc) is 3.04. The molecule has 0 aliphatic carbocycles. The highest BCUT2D eigenvalue weighted by Crippen LogP contribution is 2.27. The van der Waals surface area contributed by atoms with Gasteiger partial charge in [-0.25, -0.2) is 4.98 Å². The predicted molar refractivity (Wildman–Crippen MR) is 109 cm³/mol. The molecular formula is C19H26ClN3O2S. The lowest BCUT2D eigenvalue weighted by atomic mass is 9.90. The highest BCUT2D eigenvalue weighted by Gasteiger charge is 2.36. The Balaban J connectivity index is 0.00000243. The molecule has 0 bridgehead atoms. The summed E-state index contributed by atoms with van der Waals surface area (Å²) in [6, 6.07) is 8.45. The van der Waals surface area contributed by atoms with Crippen LogP contribution in [0.4, 0.5) is 5.13 Å². The summed E-state index contributed by atoms with van der Waals surface area (Å²) in [5.41, 5.74) is 8.60. The van der Waals surface area contributed by atoms with Crippen molar-refractivity contribution < 1.29 is 9.53 Å². The number of anilines is 1. The van der Waals surface area contributed by atoms with Gasteiger partial charge >= 0.3 is 0 Å². The second-order valence-corrected chi connectivity index (χ2v) is 7.91. The van der Waals surface area contributed by atoms with Crippen molar-refractivity contribution in [3.8, 4) is 11.3 Å². The zero-order valence-corrected chi connectivity index (χ0v) is 16.8. The van der Waals surface area contributed by atoms with E-state index in [9.17, 15) is 4.79 Å². The topological polar surface area (TPSA) is 77.2 Å². The summed E-state index contributed by atoms with van der Waals surface area (Å²) >= 11 is 1.42. The van der Waals surface area contributed by atoms with Gasteiger partial charge in [0.1, 0.15) is 5.54 Å². The van der Waals surface area contributed by atoms with Gasteiger partial charge in [0.2, 0.25) is 5.91 Å². The van der Waals surface area contributed by atoms with Crippen LogP contribution < -0.4 is 11.1 Å². The summed E-state index contributed by atoms with van der Waals surface area (Å²) < 4.78 is 5.29. The van der Waals surface area contributed by atoms with Gasteiger partial charge in [0.15, 0.2) is 5.13 Å². The number of aromatic nitrogens is 1. The number of halogens is 1. The van der Waals surface area contributed by atoms with E-state index in [-0.39, 0.29) is 18.3 Å². The summed E-state index contributed by atoms with van der Waals surface area (Å²) in [7, 11) is 0. The maximum absolute atomic E-state index is 12.5. The Morgan fingerprint density at radius 1 is 1.31 bits per heavy atom. The van der Waals surface area contributed by atoms with Gasteiger partial charge in [-0.05, 0) is 30.7 Å². The Labute approximate surface area is 164 Å². The molecule has 0 radical (unpaired) electrons. The molecule has 1 amide bonds. The minimum atomic E-state index is -0.859. The summed E-state index contributed by atoms with van der Waals surface area (Å²) in [5, 5.41) is 5.41. The molecule has 3 rings (SSSR count). The first-order valence-electron chi connectivity index (χ1n) is 8.69. The maximum atomic E-state index is 12.5. The van der Waals surface area contributed by atoms with E-state index >= 15 is 0 Å². The van der Waals surface area contributed by atoms with Gasteiger partial charge in [-0.3, -0.25) is 4.79 Å². The number of ether oxygens (including phenoxy) is 1. The van der Waals surface area contributed by atoms with E-state index in [2.05, 4.69) is 48.4 Å². The van der Waals surface area contributed by atoms with E-state index < -0.39 is 5.54 Å². The molecule has 1 saturated heterocycles. The van der Waals surface area contributed by atoms with E-state index in [4.69, 9.17) is 10.5 Å². The number of hydrogen-bond acceptors (Lipinski definition) is 5. The van der Waals surface area contributed by atoms with Gasteiger partial charge in [-0.15, -0.1) is 23.7 Å². The second kappa shape index (κ2) is 8.95. The quantitative estimate of drug-likeness (QED) is 0.805. The fourth-order valence-electron chi connectivity index (χ4n) is 2.93. The van der Waals surface area contributed by atoms with Gasteiger partial charge < -0.3 is 15.8 Å². The Morgan fingerprint density at radius 3 is 2.58 bits per heavy atom. The van der Waals surface area contributed by atoms with Crippen molar-refractivity contribution in [1.82, 2.24) is 4.98 Å². The van der Waals surface area contributed by atoms with Crippen molar-refractivity contribution in [2.24, 2.45) is 11.7 Å². The zero-order chi connectivity index (χ0) is 17.9. The van der Waals surface area contributed by atoms with Crippen LogP contribution in [0.15, 0.2) is 29.6 Å². The smallest absolute Gasteiger partial charge is 0.246 e. The molecule has 7 heteroatoms. The third-order valence-electron chi connectivity index (χ3n) is 4.46. The largest absolute Gasteiger partial charge is 0.381 e.